The van der Waals surface area contributed by atoms with Gasteiger partial charge in [0.1, 0.15) is 0 Å². The van der Waals surface area contributed by atoms with Crippen LogP contribution < -0.4 is 0 Å². The van der Waals surface area contributed by atoms with E-state index in [1.807, 2.05) is 0 Å². The predicted molar refractivity (Wildman–Crippen MR) is 102 cm³/mol. The van der Waals surface area contributed by atoms with Gasteiger partial charge in [0.25, 0.3) is 0 Å². The molecule has 0 N–H and O–H groups in total. The Bertz CT molecular complexity index is 760. The molecule has 1 heterocycles. The lowest BCUT2D eigenvalue weighted by Crippen LogP contribution is -2.14. The van der Waals surface area contributed by atoms with Crippen molar-refractivity contribution in [2.45, 2.75) is 13.0 Å². The number of likely N-dealkylation sites (N-methyl/N-ethyl adjacent to an activating group) is 1. The smallest absolute Gasteiger partial charge is 0.0487 e. The number of aromatic nitrogens is 1. The first-order valence-electron chi connectivity index (χ1n) is 7.59. The van der Waals surface area contributed by atoms with Crippen LogP contribution in [0, 0.1) is 3.57 Å². The Morgan fingerprint density at radius 2 is 1.82 bits per heavy atom. The molecule has 0 saturated carbocycles. The molecule has 0 spiro atoms. The van der Waals surface area contributed by atoms with Crippen molar-refractivity contribution in [2.24, 2.45) is 0 Å². The minimum Gasteiger partial charge on any atom is -0.343 e. The van der Waals surface area contributed by atoms with Crippen molar-refractivity contribution in [3.05, 3.63) is 69.4 Å². The van der Waals surface area contributed by atoms with Gasteiger partial charge in [0, 0.05) is 33.8 Å². The van der Waals surface area contributed by atoms with Crippen molar-refractivity contribution >= 4 is 33.5 Å². The summed E-state index contributed by atoms with van der Waals surface area (Å²) in [6.07, 6.45) is 3.42. The van der Waals surface area contributed by atoms with Gasteiger partial charge >= 0.3 is 0 Å². The second-order valence-electron chi connectivity index (χ2n) is 5.98. The number of hydrogen-bond donors (Lipinski definition) is 0. The Morgan fingerprint density at radius 3 is 2.55 bits per heavy atom. The van der Waals surface area contributed by atoms with Gasteiger partial charge in [0.05, 0.1) is 0 Å². The molecule has 0 aliphatic heterocycles. The zero-order valence-electron chi connectivity index (χ0n) is 13.1. The van der Waals surface area contributed by atoms with E-state index in [2.05, 4.69) is 101 Å². The zero-order valence-corrected chi connectivity index (χ0v) is 15.2. The lowest BCUT2D eigenvalue weighted by molar-refractivity contribution is 0.414. The molecule has 0 radical (unpaired) electrons. The second kappa shape index (κ2) is 6.84. The van der Waals surface area contributed by atoms with Crippen LogP contribution in [-0.2, 0) is 13.0 Å². The van der Waals surface area contributed by atoms with E-state index in [0.717, 1.165) is 19.5 Å². The van der Waals surface area contributed by atoms with E-state index in [1.54, 1.807) is 0 Å². The second-order valence-corrected chi connectivity index (χ2v) is 7.23. The van der Waals surface area contributed by atoms with Crippen molar-refractivity contribution in [1.82, 2.24) is 9.47 Å². The number of benzene rings is 2. The molecule has 2 aromatic carbocycles. The van der Waals surface area contributed by atoms with Crippen molar-refractivity contribution in [3.63, 3.8) is 0 Å². The van der Waals surface area contributed by atoms with Gasteiger partial charge in [-0.05, 0) is 72.4 Å². The maximum absolute atomic E-state index is 2.40. The average molecular weight is 404 g/mol. The maximum Gasteiger partial charge on any atom is 0.0487 e. The monoisotopic (exact) mass is 404 g/mol. The average Bonchev–Trinajstić information content (AvgIpc) is 2.83. The van der Waals surface area contributed by atoms with Gasteiger partial charge in [-0.2, -0.15) is 0 Å². The number of nitrogens with zero attached hydrogens (tertiary/aromatic N) is 2. The molecule has 1 aromatic heterocycles. The molecule has 3 rings (SSSR count). The quantitative estimate of drug-likeness (QED) is 0.573. The highest BCUT2D eigenvalue weighted by atomic mass is 127. The fourth-order valence-electron chi connectivity index (χ4n) is 2.80. The summed E-state index contributed by atoms with van der Waals surface area (Å²) in [7, 11) is 4.26. The molecule has 0 aliphatic rings. The van der Waals surface area contributed by atoms with Crippen LogP contribution in [0.2, 0.25) is 0 Å². The lowest BCUT2D eigenvalue weighted by atomic mass is 10.1. The standard InChI is InChI=1S/C19H21IN2/c1-21(2)11-10-16-14-22(13-15-6-4-3-5-7-15)19-9-8-17(20)12-18(16)19/h3-9,12,14H,10-11,13H2,1-2H3. The summed E-state index contributed by atoms with van der Waals surface area (Å²) in [5.41, 5.74) is 4.12. The highest BCUT2D eigenvalue weighted by Gasteiger charge is 2.09. The molecule has 3 aromatic rings. The fourth-order valence-corrected chi connectivity index (χ4v) is 3.29. The van der Waals surface area contributed by atoms with Gasteiger partial charge in [-0.25, -0.2) is 0 Å². The van der Waals surface area contributed by atoms with Crippen LogP contribution >= 0.6 is 22.6 Å². The summed E-state index contributed by atoms with van der Waals surface area (Å²) >= 11 is 2.40. The summed E-state index contributed by atoms with van der Waals surface area (Å²) in [5.74, 6) is 0. The van der Waals surface area contributed by atoms with Gasteiger partial charge < -0.3 is 9.47 Å². The van der Waals surface area contributed by atoms with Crippen LogP contribution in [0.5, 0.6) is 0 Å². The molecule has 0 amide bonds. The van der Waals surface area contributed by atoms with Crippen LogP contribution in [0.1, 0.15) is 11.1 Å². The Hall–Kier alpha value is -1.33. The summed E-state index contributed by atoms with van der Waals surface area (Å²) in [6.45, 7) is 2.01. The molecule has 114 valence electrons. The van der Waals surface area contributed by atoms with Crippen LogP contribution in [0.25, 0.3) is 10.9 Å². The topological polar surface area (TPSA) is 8.17 Å². The maximum atomic E-state index is 2.40. The van der Waals surface area contributed by atoms with E-state index >= 15 is 0 Å². The third kappa shape index (κ3) is 3.52. The van der Waals surface area contributed by atoms with Crippen LogP contribution in [0.3, 0.4) is 0 Å². The van der Waals surface area contributed by atoms with Crippen molar-refractivity contribution in [3.8, 4) is 0 Å². The largest absolute Gasteiger partial charge is 0.343 e. The molecular weight excluding hydrogens is 383 g/mol. The Morgan fingerprint density at radius 1 is 1.05 bits per heavy atom. The summed E-state index contributed by atoms with van der Waals surface area (Å²) in [4.78, 5) is 2.24. The summed E-state index contributed by atoms with van der Waals surface area (Å²) < 4.78 is 3.68. The Kier molecular flexibility index (Phi) is 4.84. The third-order valence-electron chi connectivity index (χ3n) is 3.95. The van der Waals surface area contributed by atoms with Crippen molar-refractivity contribution in [2.75, 3.05) is 20.6 Å². The van der Waals surface area contributed by atoms with Gasteiger partial charge in [-0.3, -0.25) is 0 Å². The highest BCUT2D eigenvalue weighted by molar-refractivity contribution is 14.1. The first-order valence-corrected chi connectivity index (χ1v) is 8.67. The SMILES string of the molecule is CN(C)CCc1cn(Cc2ccccc2)c2ccc(I)cc12. The van der Waals surface area contributed by atoms with E-state index in [4.69, 9.17) is 0 Å². The zero-order chi connectivity index (χ0) is 15.5. The Labute approximate surface area is 145 Å². The van der Waals surface area contributed by atoms with Crippen LogP contribution in [-0.4, -0.2) is 30.1 Å². The molecule has 0 aliphatic carbocycles. The molecule has 0 fully saturated rings. The van der Waals surface area contributed by atoms with E-state index in [-0.39, 0.29) is 0 Å². The van der Waals surface area contributed by atoms with E-state index < -0.39 is 0 Å². The molecule has 22 heavy (non-hydrogen) atoms. The number of hydrogen-bond acceptors (Lipinski definition) is 1. The molecular formula is C19H21IN2. The molecule has 0 saturated heterocycles. The van der Waals surface area contributed by atoms with Crippen molar-refractivity contribution < 1.29 is 0 Å². The third-order valence-corrected chi connectivity index (χ3v) is 4.62. The first kappa shape index (κ1) is 15.6. The van der Waals surface area contributed by atoms with Crippen LogP contribution in [0.15, 0.2) is 54.7 Å². The normalized spacial score (nSPS) is 11.5. The van der Waals surface area contributed by atoms with Gasteiger partial charge in [0.15, 0.2) is 0 Å². The van der Waals surface area contributed by atoms with Crippen LogP contribution in [0.4, 0.5) is 0 Å². The fraction of sp³-hybridized carbons (Fsp3) is 0.263. The number of halogens is 1. The molecule has 2 nitrogen and oxygen atoms in total. The minimum absolute atomic E-state index is 0.930. The Balaban J connectivity index is 1.99. The number of rotatable bonds is 5. The predicted octanol–water partition coefficient (Wildman–Crippen LogP) is 4.40. The van der Waals surface area contributed by atoms with Crippen molar-refractivity contribution in [1.29, 1.82) is 0 Å². The van der Waals surface area contributed by atoms with Gasteiger partial charge in [-0.15, -0.1) is 0 Å². The minimum atomic E-state index is 0.930. The molecule has 0 atom stereocenters. The summed E-state index contributed by atoms with van der Waals surface area (Å²) in [5, 5.41) is 1.39. The van der Waals surface area contributed by atoms with E-state index in [9.17, 15) is 0 Å². The highest BCUT2D eigenvalue weighted by Crippen LogP contribution is 2.25. The van der Waals surface area contributed by atoms with Gasteiger partial charge in [-0.1, -0.05) is 30.3 Å². The van der Waals surface area contributed by atoms with Gasteiger partial charge in [0.2, 0.25) is 0 Å². The summed E-state index contributed by atoms with van der Waals surface area (Å²) in [6, 6.07) is 17.4. The molecule has 0 bridgehead atoms. The van der Waals surface area contributed by atoms with E-state index in [1.165, 1.54) is 25.6 Å². The molecule has 0 unspecified atom stereocenters. The number of fused-ring (bicyclic) bond motifs is 1. The lowest BCUT2D eigenvalue weighted by Gasteiger charge is -2.08. The molecule has 3 heteroatoms. The van der Waals surface area contributed by atoms with E-state index in [0.29, 0.717) is 0 Å². The first-order chi connectivity index (χ1) is 10.6.